The Hall–Kier alpha value is -3.75. The summed E-state index contributed by atoms with van der Waals surface area (Å²) in [5.41, 5.74) is 3.98. The third-order valence-corrected chi connectivity index (χ3v) is 5.61. The number of aromatic nitrogens is 3. The number of aromatic hydroxyl groups is 1. The lowest BCUT2D eigenvalue weighted by atomic mass is 9.99. The van der Waals surface area contributed by atoms with Gasteiger partial charge in [0.2, 0.25) is 0 Å². The van der Waals surface area contributed by atoms with Crippen LogP contribution in [0.5, 0.6) is 5.75 Å². The van der Waals surface area contributed by atoms with Crippen molar-refractivity contribution in [1.82, 2.24) is 25.0 Å². The van der Waals surface area contributed by atoms with Gasteiger partial charge >= 0.3 is 0 Å². The molecule has 1 unspecified atom stereocenters. The molecule has 1 amide bonds. The molecule has 4 rings (SSSR count). The number of aliphatic hydroxyl groups excluding tert-OH is 1. The molecule has 3 N–H and O–H groups in total. The van der Waals surface area contributed by atoms with E-state index in [9.17, 15) is 15.0 Å². The fourth-order valence-electron chi connectivity index (χ4n) is 3.65. The predicted molar refractivity (Wildman–Crippen MR) is 128 cm³/mol. The maximum absolute atomic E-state index is 12.7. The van der Waals surface area contributed by atoms with E-state index >= 15 is 0 Å². The van der Waals surface area contributed by atoms with Gasteiger partial charge < -0.3 is 20.0 Å². The van der Waals surface area contributed by atoms with Gasteiger partial charge in [0.25, 0.3) is 5.91 Å². The van der Waals surface area contributed by atoms with Gasteiger partial charge in [0.05, 0.1) is 5.69 Å². The number of para-hydroxylation sites is 1. The molecule has 0 spiro atoms. The highest BCUT2D eigenvalue weighted by molar-refractivity contribution is 5.94. The largest absolute Gasteiger partial charge is 0.507 e. The van der Waals surface area contributed by atoms with E-state index in [2.05, 4.69) is 15.2 Å². The van der Waals surface area contributed by atoms with Crippen LogP contribution in [0.15, 0.2) is 60.8 Å². The molecular weight excluding hydrogens is 418 g/mol. The monoisotopic (exact) mass is 445 g/mol. The van der Waals surface area contributed by atoms with Crippen molar-refractivity contribution in [2.24, 2.45) is 0 Å². The van der Waals surface area contributed by atoms with E-state index in [0.29, 0.717) is 35.6 Å². The van der Waals surface area contributed by atoms with Crippen LogP contribution in [0, 0.1) is 0 Å². The summed E-state index contributed by atoms with van der Waals surface area (Å²) in [6, 6.07) is 16.2. The molecule has 2 aromatic heterocycles. The molecule has 0 saturated heterocycles. The van der Waals surface area contributed by atoms with Crippen LogP contribution in [0.25, 0.3) is 33.4 Å². The summed E-state index contributed by atoms with van der Waals surface area (Å²) >= 11 is 0. The van der Waals surface area contributed by atoms with Gasteiger partial charge in [0.1, 0.15) is 5.75 Å². The highest BCUT2D eigenvalue weighted by Crippen LogP contribution is 2.34. The van der Waals surface area contributed by atoms with Crippen LogP contribution in [0.4, 0.5) is 0 Å². The Balaban J connectivity index is 1.64. The number of rotatable bonds is 7. The van der Waals surface area contributed by atoms with E-state index in [0.717, 1.165) is 16.5 Å². The second-order valence-corrected chi connectivity index (χ2v) is 8.30. The minimum Gasteiger partial charge on any atom is -0.507 e. The number of carbonyl (C=O) groups is 1. The van der Waals surface area contributed by atoms with E-state index in [1.807, 2.05) is 49.3 Å². The average Bonchev–Trinajstić information content (AvgIpc) is 3.25. The normalized spacial score (nSPS) is 12.3. The number of hydrogen-bond acceptors (Lipinski definition) is 6. The molecule has 8 nitrogen and oxygen atoms in total. The molecule has 0 aliphatic carbocycles. The molecule has 0 aliphatic heterocycles. The number of aromatic amines is 1. The van der Waals surface area contributed by atoms with Crippen molar-refractivity contribution in [2.45, 2.75) is 6.10 Å². The molecule has 0 aliphatic rings. The first-order chi connectivity index (χ1) is 15.8. The first-order valence-electron chi connectivity index (χ1n) is 10.7. The van der Waals surface area contributed by atoms with Crippen LogP contribution in [0.3, 0.4) is 0 Å². The lowest BCUT2D eigenvalue weighted by Crippen LogP contribution is -2.36. The van der Waals surface area contributed by atoms with Crippen molar-refractivity contribution in [3.63, 3.8) is 0 Å². The van der Waals surface area contributed by atoms with Crippen LogP contribution in [0.2, 0.25) is 0 Å². The molecule has 1 atom stereocenters. The first-order valence-corrected chi connectivity index (χ1v) is 10.7. The summed E-state index contributed by atoms with van der Waals surface area (Å²) < 4.78 is 0. The number of amides is 1. The zero-order chi connectivity index (χ0) is 23.5. The number of H-pyrrole nitrogens is 1. The predicted octanol–water partition coefficient (Wildman–Crippen LogP) is 3.05. The maximum Gasteiger partial charge on any atom is 0.255 e. The van der Waals surface area contributed by atoms with E-state index in [4.69, 9.17) is 0 Å². The standard InChI is InChI=1S/C25H27N5O3/c1-29(2)11-12-30(3)25(33)23(32)17-8-6-7-16(13-17)18-14-20-22(27-28-24(20)26-15-18)19-9-4-5-10-21(19)31/h4-10,13-15,23,31-32H,11-12H2,1-3H3,(H,26,27,28). The van der Waals surface area contributed by atoms with Gasteiger partial charge in [0, 0.05) is 42.8 Å². The molecule has 170 valence electrons. The molecule has 0 fully saturated rings. The molecule has 4 aromatic rings. The van der Waals surface area contributed by atoms with Crippen molar-refractivity contribution >= 4 is 16.9 Å². The Kier molecular flexibility index (Phi) is 6.39. The Morgan fingerprint density at radius 1 is 1.03 bits per heavy atom. The highest BCUT2D eigenvalue weighted by atomic mass is 16.3. The number of benzene rings is 2. The second kappa shape index (κ2) is 9.40. The molecule has 8 heteroatoms. The van der Waals surface area contributed by atoms with E-state index in [1.165, 1.54) is 4.90 Å². The average molecular weight is 446 g/mol. The van der Waals surface area contributed by atoms with Crippen molar-refractivity contribution in [3.05, 3.63) is 66.4 Å². The molecule has 0 bridgehead atoms. The Morgan fingerprint density at radius 2 is 1.82 bits per heavy atom. The number of fused-ring (bicyclic) bond motifs is 1. The fraction of sp³-hybridized carbons (Fsp3) is 0.240. The summed E-state index contributed by atoms with van der Waals surface area (Å²) in [6.07, 6.45) is 0.452. The van der Waals surface area contributed by atoms with Crippen LogP contribution >= 0.6 is 0 Å². The fourth-order valence-corrected chi connectivity index (χ4v) is 3.65. The lowest BCUT2D eigenvalue weighted by molar-refractivity contribution is -0.139. The van der Waals surface area contributed by atoms with Gasteiger partial charge in [-0.15, -0.1) is 0 Å². The summed E-state index contributed by atoms with van der Waals surface area (Å²) in [5.74, 6) is -0.199. The smallest absolute Gasteiger partial charge is 0.255 e. The van der Waals surface area contributed by atoms with E-state index in [1.54, 1.807) is 37.5 Å². The van der Waals surface area contributed by atoms with Crippen LogP contribution in [0.1, 0.15) is 11.7 Å². The number of likely N-dealkylation sites (N-methyl/N-ethyl adjacent to an activating group) is 2. The molecule has 0 radical (unpaired) electrons. The number of phenols is 1. The van der Waals surface area contributed by atoms with Crippen LogP contribution in [-0.2, 0) is 4.79 Å². The minimum absolute atomic E-state index is 0.149. The Labute approximate surface area is 192 Å². The molecular formula is C25H27N5O3. The van der Waals surface area contributed by atoms with Gasteiger partial charge in [-0.05, 0) is 49.5 Å². The van der Waals surface area contributed by atoms with E-state index < -0.39 is 6.10 Å². The SMILES string of the molecule is CN(C)CCN(C)C(=O)C(O)c1cccc(-c2cnc3n[nH]c(-c4ccccc4O)c3c2)c1. The van der Waals surface area contributed by atoms with Gasteiger partial charge in [0.15, 0.2) is 11.8 Å². The van der Waals surface area contributed by atoms with Crippen LogP contribution < -0.4 is 0 Å². The van der Waals surface area contributed by atoms with Crippen molar-refractivity contribution in [3.8, 4) is 28.1 Å². The Morgan fingerprint density at radius 3 is 2.58 bits per heavy atom. The maximum atomic E-state index is 12.7. The third-order valence-electron chi connectivity index (χ3n) is 5.61. The number of phenolic OH excluding ortho intramolecular Hbond substituents is 1. The Bertz CT molecular complexity index is 1280. The number of nitrogens with zero attached hydrogens (tertiary/aromatic N) is 4. The highest BCUT2D eigenvalue weighted by Gasteiger charge is 2.22. The zero-order valence-electron chi connectivity index (χ0n) is 18.9. The molecule has 2 aromatic carbocycles. The molecule has 2 heterocycles. The molecule has 33 heavy (non-hydrogen) atoms. The number of aliphatic hydroxyl groups is 1. The summed E-state index contributed by atoms with van der Waals surface area (Å²) in [7, 11) is 5.57. The third kappa shape index (κ3) is 4.72. The van der Waals surface area contributed by atoms with Crippen molar-refractivity contribution < 1.29 is 15.0 Å². The summed E-state index contributed by atoms with van der Waals surface area (Å²) in [4.78, 5) is 20.7. The van der Waals surface area contributed by atoms with Crippen molar-refractivity contribution in [1.29, 1.82) is 0 Å². The van der Waals surface area contributed by atoms with Gasteiger partial charge in [-0.2, -0.15) is 5.10 Å². The number of carbonyl (C=O) groups excluding carboxylic acids is 1. The zero-order valence-corrected chi connectivity index (χ0v) is 18.9. The van der Waals surface area contributed by atoms with E-state index in [-0.39, 0.29) is 11.7 Å². The molecule has 0 saturated carbocycles. The number of pyridine rings is 1. The quantitative estimate of drug-likeness (QED) is 0.404. The summed E-state index contributed by atoms with van der Waals surface area (Å²) in [6.45, 7) is 1.24. The lowest BCUT2D eigenvalue weighted by Gasteiger charge is -2.22. The van der Waals surface area contributed by atoms with Crippen molar-refractivity contribution in [2.75, 3.05) is 34.2 Å². The van der Waals surface area contributed by atoms with Crippen LogP contribution in [-0.4, -0.2) is 75.3 Å². The first kappa shape index (κ1) is 22.4. The summed E-state index contributed by atoms with van der Waals surface area (Å²) in [5, 5.41) is 28.9. The minimum atomic E-state index is -1.25. The number of hydrogen-bond donors (Lipinski definition) is 3. The van der Waals surface area contributed by atoms with Gasteiger partial charge in [-0.25, -0.2) is 4.98 Å². The number of nitrogens with one attached hydrogen (secondary N) is 1. The second-order valence-electron chi connectivity index (χ2n) is 8.30. The topological polar surface area (TPSA) is 106 Å². The van der Waals surface area contributed by atoms with Gasteiger partial charge in [-0.3, -0.25) is 9.89 Å². The van der Waals surface area contributed by atoms with Gasteiger partial charge in [-0.1, -0.05) is 30.3 Å².